The topological polar surface area (TPSA) is 84.2 Å². The van der Waals surface area contributed by atoms with Gasteiger partial charge in [0.2, 0.25) is 11.8 Å². The zero-order chi connectivity index (χ0) is 13.3. The van der Waals surface area contributed by atoms with Gasteiger partial charge in [-0.3, -0.25) is 9.59 Å². The fraction of sp³-hybridized carbons (Fsp3) is 0.333. The van der Waals surface area contributed by atoms with Crippen LogP contribution >= 0.6 is 11.6 Å². The number of nitrogens with two attached hydrogens (primary N) is 1. The molecular weight excluding hydrogens is 254 g/mol. The lowest BCUT2D eigenvalue weighted by Crippen LogP contribution is -2.34. The van der Waals surface area contributed by atoms with Gasteiger partial charge in [-0.05, 0) is 24.1 Å². The van der Waals surface area contributed by atoms with Crippen molar-refractivity contribution in [1.82, 2.24) is 0 Å². The Balaban J connectivity index is 2.22. The molecule has 96 valence electrons. The number of anilines is 2. The van der Waals surface area contributed by atoms with E-state index in [9.17, 15) is 9.59 Å². The van der Waals surface area contributed by atoms with Gasteiger partial charge in [-0.15, -0.1) is 0 Å². The second kappa shape index (κ2) is 4.96. The molecule has 4 N–H and O–H groups in total. The van der Waals surface area contributed by atoms with Crippen LogP contribution < -0.4 is 16.4 Å². The largest absolute Gasteiger partial charge is 0.325 e. The third-order valence-electron chi connectivity index (χ3n) is 2.85. The molecule has 1 aliphatic heterocycles. The third-order valence-corrected chi connectivity index (χ3v) is 3.17. The first-order chi connectivity index (χ1) is 8.51. The predicted molar refractivity (Wildman–Crippen MR) is 70.7 cm³/mol. The van der Waals surface area contributed by atoms with Gasteiger partial charge < -0.3 is 16.4 Å². The minimum atomic E-state index is -0.561. The van der Waals surface area contributed by atoms with Crippen LogP contribution in [0.1, 0.15) is 18.9 Å². The minimum Gasteiger partial charge on any atom is -0.325 e. The molecule has 1 aliphatic rings. The first-order valence-corrected chi connectivity index (χ1v) is 6.07. The lowest BCUT2D eigenvalue weighted by molar-refractivity contribution is -0.117. The van der Waals surface area contributed by atoms with Gasteiger partial charge in [0.25, 0.3) is 0 Å². The first kappa shape index (κ1) is 12.9. The summed E-state index contributed by atoms with van der Waals surface area (Å²) in [4.78, 5) is 22.9. The smallest absolute Gasteiger partial charge is 0.241 e. The maximum Gasteiger partial charge on any atom is 0.241 e. The summed E-state index contributed by atoms with van der Waals surface area (Å²) < 4.78 is 0. The second-order valence-corrected chi connectivity index (χ2v) is 4.63. The number of rotatable bonds is 3. The number of hydrogen-bond acceptors (Lipinski definition) is 3. The highest BCUT2D eigenvalue weighted by molar-refractivity contribution is 6.34. The molecule has 18 heavy (non-hydrogen) atoms. The van der Waals surface area contributed by atoms with E-state index < -0.39 is 6.04 Å². The monoisotopic (exact) mass is 267 g/mol. The normalized spacial score (nSPS) is 14.9. The van der Waals surface area contributed by atoms with Crippen molar-refractivity contribution in [2.45, 2.75) is 25.8 Å². The third kappa shape index (κ3) is 2.47. The van der Waals surface area contributed by atoms with E-state index in [1.54, 1.807) is 12.1 Å². The van der Waals surface area contributed by atoms with Crippen LogP contribution in [0, 0.1) is 0 Å². The van der Waals surface area contributed by atoms with Gasteiger partial charge in [-0.2, -0.15) is 0 Å². The van der Waals surface area contributed by atoms with E-state index in [4.69, 9.17) is 17.3 Å². The molecule has 0 radical (unpaired) electrons. The Labute approximate surface area is 110 Å². The highest BCUT2D eigenvalue weighted by Crippen LogP contribution is 2.32. The van der Waals surface area contributed by atoms with Gasteiger partial charge >= 0.3 is 0 Å². The van der Waals surface area contributed by atoms with Crippen molar-refractivity contribution in [2.24, 2.45) is 5.73 Å². The van der Waals surface area contributed by atoms with E-state index >= 15 is 0 Å². The molecule has 6 heteroatoms. The molecule has 0 saturated carbocycles. The fourth-order valence-corrected chi connectivity index (χ4v) is 1.97. The predicted octanol–water partition coefficient (Wildman–Crippen LogP) is 1.51. The molecule has 0 aliphatic carbocycles. The number of carbonyl (C=O) groups excluding carboxylic acids is 2. The standard InChI is InChI=1S/C12H14ClN3O2/c1-2-8(14)12(18)16-10-3-6-4-11(17)15-9(6)5-7(10)13/h3,5,8H,2,4,14H2,1H3,(H,15,17)(H,16,18)/t8-/m1/s1. The summed E-state index contributed by atoms with van der Waals surface area (Å²) in [5, 5.41) is 5.74. The molecule has 0 saturated heterocycles. The number of amides is 2. The fourth-order valence-electron chi connectivity index (χ4n) is 1.75. The summed E-state index contributed by atoms with van der Waals surface area (Å²) >= 11 is 6.04. The lowest BCUT2D eigenvalue weighted by Gasteiger charge is -2.12. The molecule has 0 unspecified atom stereocenters. The van der Waals surface area contributed by atoms with E-state index in [2.05, 4.69) is 10.6 Å². The van der Waals surface area contributed by atoms with Gasteiger partial charge in [0.1, 0.15) is 0 Å². The summed E-state index contributed by atoms with van der Waals surface area (Å²) in [6.07, 6.45) is 0.851. The van der Waals surface area contributed by atoms with Crippen LogP contribution in [0.2, 0.25) is 5.02 Å². The number of nitrogens with one attached hydrogen (secondary N) is 2. The number of fused-ring (bicyclic) bond motifs is 1. The number of carbonyl (C=O) groups is 2. The minimum absolute atomic E-state index is 0.0743. The van der Waals surface area contributed by atoms with Gasteiger partial charge in [0.05, 0.1) is 23.2 Å². The van der Waals surface area contributed by atoms with Gasteiger partial charge in [-0.1, -0.05) is 18.5 Å². The number of halogens is 1. The van der Waals surface area contributed by atoms with Gasteiger partial charge in [0.15, 0.2) is 0 Å². The Morgan fingerprint density at radius 1 is 1.61 bits per heavy atom. The maximum absolute atomic E-state index is 11.7. The first-order valence-electron chi connectivity index (χ1n) is 5.70. The molecular formula is C12H14ClN3O2. The highest BCUT2D eigenvalue weighted by atomic mass is 35.5. The Morgan fingerprint density at radius 3 is 3.00 bits per heavy atom. The quantitative estimate of drug-likeness (QED) is 0.776. The molecule has 2 rings (SSSR count). The van der Waals surface area contributed by atoms with E-state index in [-0.39, 0.29) is 11.8 Å². The Kier molecular flexibility index (Phi) is 3.54. The second-order valence-electron chi connectivity index (χ2n) is 4.22. The van der Waals surface area contributed by atoms with Crippen LogP contribution in [0.3, 0.4) is 0 Å². The number of benzene rings is 1. The van der Waals surface area contributed by atoms with Crippen molar-refractivity contribution >= 4 is 34.8 Å². The lowest BCUT2D eigenvalue weighted by atomic mass is 10.1. The summed E-state index contributed by atoms with van der Waals surface area (Å²) in [6, 6.07) is 2.78. The molecule has 5 nitrogen and oxygen atoms in total. The Bertz CT molecular complexity index is 516. The van der Waals surface area contributed by atoms with E-state index in [0.717, 1.165) is 5.56 Å². The zero-order valence-corrected chi connectivity index (χ0v) is 10.7. The molecule has 2 amide bonds. The maximum atomic E-state index is 11.7. The van der Waals surface area contributed by atoms with E-state index in [0.29, 0.717) is 29.2 Å². The zero-order valence-electron chi connectivity index (χ0n) is 9.92. The highest BCUT2D eigenvalue weighted by Gasteiger charge is 2.21. The van der Waals surface area contributed by atoms with Crippen LogP contribution in [0.15, 0.2) is 12.1 Å². The Hall–Kier alpha value is -1.59. The molecule has 0 spiro atoms. The van der Waals surface area contributed by atoms with Crippen LogP contribution in [0.25, 0.3) is 0 Å². The van der Waals surface area contributed by atoms with Crippen LogP contribution in [0.5, 0.6) is 0 Å². The van der Waals surface area contributed by atoms with Crippen LogP contribution in [-0.4, -0.2) is 17.9 Å². The van der Waals surface area contributed by atoms with Crippen molar-refractivity contribution in [3.8, 4) is 0 Å². The molecule has 1 heterocycles. The summed E-state index contributed by atoms with van der Waals surface area (Å²) in [6.45, 7) is 1.83. The van der Waals surface area contributed by atoms with Crippen LogP contribution in [-0.2, 0) is 16.0 Å². The van der Waals surface area contributed by atoms with E-state index in [1.807, 2.05) is 6.92 Å². The SMILES string of the molecule is CC[C@@H](N)C(=O)Nc1cc2c(cc1Cl)NC(=O)C2. The number of hydrogen-bond donors (Lipinski definition) is 3. The molecule has 1 atom stereocenters. The van der Waals surface area contributed by atoms with Crippen molar-refractivity contribution in [3.05, 3.63) is 22.7 Å². The van der Waals surface area contributed by atoms with E-state index in [1.165, 1.54) is 0 Å². The molecule has 0 bridgehead atoms. The van der Waals surface area contributed by atoms with Gasteiger partial charge in [0, 0.05) is 5.69 Å². The van der Waals surface area contributed by atoms with Crippen LogP contribution in [0.4, 0.5) is 11.4 Å². The molecule has 1 aromatic carbocycles. The van der Waals surface area contributed by atoms with Gasteiger partial charge in [-0.25, -0.2) is 0 Å². The molecule has 0 fully saturated rings. The average Bonchev–Trinajstić information content (AvgIpc) is 2.67. The Morgan fingerprint density at radius 2 is 2.33 bits per heavy atom. The van der Waals surface area contributed by atoms with Crippen molar-refractivity contribution in [1.29, 1.82) is 0 Å². The van der Waals surface area contributed by atoms with Crippen molar-refractivity contribution in [3.63, 3.8) is 0 Å². The summed E-state index contributed by atoms with van der Waals surface area (Å²) in [5.41, 5.74) is 7.64. The molecule has 1 aromatic rings. The van der Waals surface area contributed by atoms with Crippen molar-refractivity contribution < 1.29 is 9.59 Å². The summed E-state index contributed by atoms with van der Waals surface area (Å²) in [5.74, 6) is -0.355. The summed E-state index contributed by atoms with van der Waals surface area (Å²) in [7, 11) is 0. The average molecular weight is 268 g/mol. The molecule has 0 aromatic heterocycles. The van der Waals surface area contributed by atoms with Crippen molar-refractivity contribution in [2.75, 3.05) is 10.6 Å².